The predicted octanol–water partition coefficient (Wildman–Crippen LogP) is 5.71. The molecule has 5 aromatic rings. The molecule has 2 aromatic heterocycles. The van der Waals surface area contributed by atoms with Gasteiger partial charge in [-0.25, -0.2) is 13.4 Å². The number of methoxy groups -OCH3 is 1. The number of aromatic nitrogens is 4. The van der Waals surface area contributed by atoms with Crippen LogP contribution in [0.25, 0.3) is 16.7 Å². The van der Waals surface area contributed by atoms with Crippen molar-refractivity contribution in [2.24, 2.45) is 0 Å². The lowest BCUT2D eigenvalue weighted by Crippen LogP contribution is -2.14. The van der Waals surface area contributed by atoms with Gasteiger partial charge >= 0.3 is 0 Å². The molecule has 0 spiro atoms. The molecule has 37 heavy (non-hydrogen) atoms. The van der Waals surface area contributed by atoms with Gasteiger partial charge in [0, 0.05) is 17.1 Å². The van der Waals surface area contributed by atoms with Gasteiger partial charge in [-0.15, -0.1) is 10.2 Å². The zero-order valence-corrected chi connectivity index (χ0v) is 22.2. The van der Waals surface area contributed by atoms with E-state index in [1.807, 2.05) is 24.3 Å². The molecule has 0 aliphatic heterocycles. The van der Waals surface area contributed by atoms with Crippen LogP contribution in [0.3, 0.4) is 0 Å². The van der Waals surface area contributed by atoms with Crippen molar-refractivity contribution in [3.05, 3.63) is 76.6 Å². The summed E-state index contributed by atoms with van der Waals surface area (Å²) in [6.45, 7) is 6.11. The number of hydrogen-bond acceptors (Lipinski definition) is 7. The van der Waals surface area contributed by atoms with Crippen LogP contribution < -0.4 is 14.2 Å². The van der Waals surface area contributed by atoms with Gasteiger partial charge in [-0.2, -0.15) is 0 Å². The average Bonchev–Trinajstić information content (AvgIpc) is 3.31. The monoisotopic (exact) mass is 537 g/mol. The van der Waals surface area contributed by atoms with E-state index < -0.39 is 10.0 Å². The van der Waals surface area contributed by atoms with Gasteiger partial charge in [-0.1, -0.05) is 18.5 Å². The van der Waals surface area contributed by atoms with Crippen LogP contribution in [0.15, 0.2) is 59.5 Å². The molecule has 2 heterocycles. The van der Waals surface area contributed by atoms with E-state index in [2.05, 4.69) is 27.9 Å². The summed E-state index contributed by atoms with van der Waals surface area (Å²) in [5.41, 5.74) is 4.78. The van der Waals surface area contributed by atoms with Crippen LogP contribution >= 0.6 is 11.6 Å². The van der Waals surface area contributed by atoms with Crippen molar-refractivity contribution >= 4 is 44.0 Å². The summed E-state index contributed by atoms with van der Waals surface area (Å²) in [6, 6.07) is 15.0. The number of nitrogens with zero attached hydrogens (tertiary/aromatic N) is 4. The number of nitrogens with one attached hydrogen (secondary N) is 1. The molecule has 1 N–H and O–H groups in total. The van der Waals surface area contributed by atoms with Gasteiger partial charge in [0.1, 0.15) is 22.2 Å². The third-order valence-electron chi connectivity index (χ3n) is 6.03. The van der Waals surface area contributed by atoms with Crippen LogP contribution in [0.4, 0.5) is 5.69 Å². The fourth-order valence-corrected chi connectivity index (χ4v) is 5.48. The number of rotatable bonds is 7. The third kappa shape index (κ3) is 4.65. The van der Waals surface area contributed by atoms with Crippen LogP contribution in [-0.2, 0) is 16.4 Å². The van der Waals surface area contributed by atoms with E-state index in [9.17, 15) is 8.42 Å². The van der Waals surface area contributed by atoms with E-state index in [1.54, 1.807) is 30.3 Å². The Morgan fingerprint density at radius 1 is 1.00 bits per heavy atom. The molecule has 0 aliphatic carbocycles. The summed E-state index contributed by atoms with van der Waals surface area (Å²) in [4.78, 5) is 4.65. The first-order chi connectivity index (χ1) is 17.7. The lowest BCUT2D eigenvalue weighted by Gasteiger charge is -2.13. The van der Waals surface area contributed by atoms with Crippen molar-refractivity contribution in [3.8, 4) is 17.4 Å². The average molecular weight is 538 g/mol. The Kier molecular flexibility index (Phi) is 6.38. The number of sulfonamides is 1. The van der Waals surface area contributed by atoms with Gasteiger partial charge < -0.3 is 9.47 Å². The highest BCUT2D eigenvalue weighted by Crippen LogP contribution is 2.31. The fraction of sp³-hybridized carbons (Fsp3) is 0.192. The molecule has 0 aliphatic rings. The number of benzene rings is 3. The summed E-state index contributed by atoms with van der Waals surface area (Å²) < 4.78 is 41.7. The molecule has 0 atom stereocenters. The maximum Gasteiger partial charge on any atom is 0.266 e. The van der Waals surface area contributed by atoms with Crippen molar-refractivity contribution in [3.63, 3.8) is 0 Å². The van der Waals surface area contributed by atoms with Gasteiger partial charge in [-0.05, 0) is 79.6 Å². The largest absolute Gasteiger partial charge is 0.495 e. The summed E-state index contributed by atoms with van der Waals surface area (Å²) >= 11 is 6.00. The maximum absolute atomic E-state index is 13.0. The molecule has 0 saturated carbocycles. The third-order valence-corrected chi connectivity index (χ3v) is 7.67. The Bertz CT molecular complexity index is 1750. The molecule has 0 unspecified atom stereocenters. The molecule has 0 amide bonds. The van der Waals surface area contributed by atoms with Crippen LogP contribution in [0, 0.1) is 13.8 Å². The summed E-state index contributed by atoms with van der Waals surface area (Å²) in [5, 5.41) is 8.92. The molecule has 0 bridgehead atoms. The van der Waals surface area contributed by atoms with Gasteiger partial charge in [0.15, 0.2) is 0 Å². The minimum Gasteiger partial charge on any atom is -0.495 e. The quantitative estimate of drug-likeness (QED) is 0.283. The van der Waals surface area contributed by atoms with Gasteiger partial charge in [0.05, 0.1) is 18.1 Å². The summed E-state index contributed by atoms with van der Waals surface area (Å²) in [6.07, 6.45) is 0.693. The molecule has 190 valence electrons. The highest BCUT2D eigenvalue weighted by molar-refractivity contribution is 7.92. The van der Waals surface area contributed by atoms with Crippen LogP contribution in [0.2, 0.25) is 5.02 Å². The molecule has 0 fully saturated rings. The highest BCUT2D eigenvalue weighted by atomic mass is 35.5. The SMILES string of the molecule is CCc1nnc2c(Oc3ccc(NS(=O)(=O)c4cc(Cl)ccc4OC)cc3)nc3cc(C)c(C)cc3n12. The fourth-order valence-electron chi connectivity index (χ4n) is 3.99. The normalized spacial score (nSPS) is 11.7. The molecule has 11 heteroatoms. The Morgan fingerprint density at radius 3 is 2.43 bits per heavy atom. The zero-order valence-electron chi connectivity index (χ0n) is 20.6. The first kappa shape index (κ1) is 24.8. The van der Waals surface area contributed by atoms with E-state index >= 15 is 0 Å². The molecule has 9 nitrogen and oxygen atoms in total. The van der Waals surface area contributed by atoms with Crippen molar-refractivity contribution in [1.29, 1.82) is 0 Å². The van der Waals surface area contributed by atoms with Crippen LogP contribution in [-0.4, -0.2) is 35.1 Å². The van der Waals surface area contributed by atoms with E-state index in [0.717, 1.165) is 28.0 Å². The number of aryl methyl sites for hydroxylation is 3. The predicted molar refractivity (Wildman–Crippen MR) is 142 cm³/mol. The maximum atomic E-state index is 13.0. The van der Waals surface area contributed by atoms with Gasteiger partial charge in [0.25, 0.3) is 15.9 Å². The molecular weight excluding hydrogens is 514 g/mol. The van der Waals surface area contributed by atoms with E-state index in [-0.39, 0.29) is 15.7 Å². The number of fused-ring (bicyclic) bond motifs is 3. The standard InChI is InChI=1S/C26H24ClN5O4S/c1-5-24-29-30-25-26(28-20-12-15(2)16(3)13-21(20)32(24)25)36-19-9-7-18(8-10-19)31-37(33,34)23-14-17(27)6-11-22(23)35-4/h6-14,31H,5H2,1-4H3. The molecule has 5 rings (SSSR count). The Morgan fingerprint density at radius 2 is 1.73 bits per heavy atom. The summed E-state index contributed by atoms with van der Waals surface area (Å²) in [7, 11) is -2.55. The minimum absolute atomic E-state index is 0.0605. The number of halogens is 1. The summed E-state index contributed by atoms with van der Waals surface area (Å²) in [5.74, 6) is 1.76. The second kappa shape index (κ2) is 9.53. The van der Waals surface area contributed by atoms with E-state index in [0.29, 0.717) is 29.4 Å². The zero-order chi connectivity index (χ0) is 26.3. The molecule has 0 radical (unpaired) electrons. The molecule has 3 aromatic carbocycles. The van der Waals surface area contributed by atoms with Crippen molar-refractivity contribution in [2.75, 3.05) is 11.8 Å². The van der Waals surface area contributed by atoms with Crippen molar-refractivity contribution in [2.45, 2.75) is 32.1 Å². The van der Waals surface area contributed by atoms with Crippen LogP contribution in [0.1, 0.15) is 23.9 Å². The molecule has 0 saturated heterocycles. The van der Waals surface area contributed by atoms with Gasteiger partial charge in [0.2, 0.25) is 5.65 Å². The number of ether oxygens (including phenoxy) is 2. The lowest BCUT2D eigenvalue weighted by atomic mass is 10.1. The van der Waals surface area contributed by atoms with Gasteiger partial charge in [-0.3, -0.25) is 9.12 Å². The first-order valence-electron chi connectivity index (χ1n) is 11.5. The van der Waals surface area contributed by atoms with Crippen LogP contribution in [0.5, 0.6) is 17.4 Å². The van der Waals surface area contributed by atoms with Crippen molar-refractivity contribution < 1.29 is 17.9 Å². The van der Waals surface area contributed by atoms with Crippen molar-refractivity contribution in [1.82, 2.24) is 19.6 Å². The molecular formula is C26H24ClN5O4S. The number of anilines is 1. The number of hydrogen-bond donors (Lipinski definition) is 1. The Hall–Kier alpha value is -3.89. The first-order valence-corrected chi connectivity index (χ1v) is 13.4. The van der Waals surface area contributed by atoms with E-state index in [4.69, 9.17) is 26.1 Å². The highest BCUT2D eigenvalue weighted by Gasteiger charge is 2.21. The smallest absolute Gasteiger partial charge is 0.266 e. The lowest BCUT2D eigenvalue weighted by molar-refractivity contribution is 0.403. The Labute approximate surface area is 219 Å². The second-order valence-electron chi connectivity index (χ2n) is 8.50. The minimum atomic E-state index is -3.95. The Balaban J connectivity index is 1.47. The topological polar surface area (TPSA) is 108 Å². The van der Waals surface area contributed by atoms with E-state index in [1.165, 1.54) is 19.2 Å². The second-order valence-corrected chi connectivity index (χ2v) is 10.6.